The van der Waals surface area contributed by atoms with Gasteiger partial charge in [0.1, 0.15) is 10.4 Å². The molecule has 1 aromatic heterocycles. The predicted octanol–water partition coefficient (Wildman–Crippen LogP) is 2.31. The highest BCUT2D eigenvalue weighted by molar-refractivity contribution is 7.89. The molecule has 0 unspecified atom stereocenters. The van der Waals surface area contributed by atoms with Crippen LogP contribution in [0.5, 0.6) is 5.06 Å². The molecule has 124 valence electrons. The Labute approximate surface area is 134 Å². The van der Waals surface area contributed by atoms with Crippen LogP contribution in [0.2, 0.25) is 0 Å². The van der Waals surface area contributed by atoms with Crippen LogP contribution in [0.15, 0.2) is 16.3 Å². The van der Waals surface area contributed by atoms with Crippen LogP contribution in [0.3, 0.4) is 0 Å². The maximum Gasteiger partial charge on any atom is 0.324 e. The van der Waals surface area contributed by atoms with Crippen molar-refractivity contribution in [2.24, 2.45) is 11.3 Å². The minimum absolute atomic E-state index is 0.0140. The quantitative estimate of drug-likeness (QED) is 0.853. The number of hydrogen-bond acceptors (Lipinski definition) is 5. The molecule has 22 heavy (non-hydrogen) atoms. The lowest BCUT2D eigenvalue weighted by Gasteiger charge is -2.50. The van der Waals surface area contributed by atoms with Crippen molar-refractivity contribution in [2.75, 3.05) is 7.11 Å². The molecule has 1 aliphatic rings. The van der Waals surface area contributed by atoms with Crippen molar-refractivity contribution in [3.8, 4) is 5.06 Å². The summed E-state index contributed by atoms with van der Waals surface area (Å²) in [6, 6.07) is 1.42. The number of nitrogens with one attached hydrogen (secondary N) is 1. The van der Waals surface area contributed by atoms with E-state index in [9.17, 15) is 18.3 Å². The number of aliphatic carboxylic acids is 1. The zero-order valence-electron chi connectivity index (χ0n) is 13.0. The Kier molecular flexibility index (Phi) is 4.31. The number of methoxy groups -OCH3 is 1. The third-order valence-corrected chi connectivity index (χ3v) is 6.79. The molecule has 2 N–H and O–H groups in total. The fraction of sp³-hybridized carbons (Fsp3) is 0.643. The highest BCUT2D eigenvalue weighted by atomic mass is 32.2. The molecule has 1 fully saturated rings. The summed E-state index contributed by atoms with van der Waals surface area (Å²) < 4.78 is 32.4. The van der Waals surface area contributed by atoms with Gasteiger partial charge in [0, 0.05) is 0 Å². The van der Waals surface area contributed by atoms with E-state index in [-0.39, 0.29) is 34.1 Å². The number of rotatable bonds is 5. The van der Waals surface area contributed by atoms with E-state index in [2.05, 4.69) is 4.72 Å². The monoisotopic (exact) mass is 347 g/mol. The molecule has 0 aromatic carbocycles. The zero-order valence-corrected chi connectivity index (χ0v) is 14.7. The summed E-state index contributed by atoms with van der Waals surface area (Å²) in [6.07, 6.45) is 0.578. The average Bonchev–Trinajstić information content (AvgIpc) is 2.80. The van der Waals surface area contributed by atoms with Crippen LogP contribution in [0.25, 0.3) is 0 Å². The van der Waals surface area contributed by atoms with Crippen LogP contribution in [-0.4, -0.2) is 32.1 Å². The molecular weight excluding hydrogens is 326 g/mol. The van der Waals surface area contributed by atoms with Crippen molar-refractivity contribution in [3.63, 3.8) is 0 Å². The van der Waals surface area contributed by atoms with E-state index in [0.717, 1.165) is 11.3 Å². The number of hydrogen-bond donors (Lipinski definition) is 2. The minimum Gasteiger partial charge on any atom is -0.486 e. The van der Waals surface area contributed by atoms with Crippen LogP contribution >= 0.6 is 11.3 Å². The number of carbonyl (C=O) groups is 1. The van der Waals surface area contributed by atoms with Crippen molar-refractivity contribution in [1.29, 1.82) is 0 Å². The van der Waals surface area contributed by atoms with E-state index in [1.807, 2.05) is 20.8 Å². The largest absolute Gasteiger partial charge is 0.486 e. The van der Waals surface area contributed by atoms with Crippen LogP contribution in [-0.2, 0) is 14.8 Å². The number of carboxylic acids is 1. The standard InChI is InChI=1S/C14H21NO5S2/c1-13(2,3)9-7-14(8-9,12(16)17)15-22(18,19)10-5-6-21-11(10)20-4/h5-6,9,15H,7-8H2,1-4H3,(H,16,17). The maximum atomic E-state index is 12.5. The van der Waals surface area contributed by atoms with Crippen LogP contribution in [0.4, 0.5) is 0 Å². The molecule has 6 nitrogen and oxygen atoms in total. The van der Waals surface area contributed by atoms with Crippen molar-refractivity contribution in [1.82, 2.24) is 4.72 Å². The number of carboxylic acid groups (broad SMARTS) is 1. The van der Waals surface area contributed by atoms with E-state index in [1.165, 1.54) is 13.2 Å². The van der Waals surface area contributed by atoms with Gasteiger partial charge in [0.05, 0.1) is 7.11 Å². The second kappa shape index (κ2) is 5.50. The van der Waals surface area contributed by atoms with E-state index >= 15 is 0 Å². The molecule has 1 heterocycles. The molecule has 1 aromatic rings. The summed E-state index contributed by atoms with van der Waals surface area (Å²) in [4.78, 5) is 11.6. The van der Waals surface area contributed by atoms with Crippen LogP contribution in [0, 0.1) is 11.3 Å². The number of sulfonamides is 1. The lowest BCUT2D eigenvalue weighted by Crippen LogP contribution is -2.64. The van der Waals surface area contributed by atoms with E-state index in [4.69, 9.17) is 4.74 Å². The van der Waals surface area contributed by atoms with Gasteiger partial charge in [0.15, 0.2) is 5.06 Å². The molecule has 0 saturated heterocycles. The first-order valence-electron chi connectivity index (χ1n) is 6.91. The fourth-order valence-corrected chi connectivity index (χ4v) is 5.24. The number of ether oxygens (including phenoxy) is 1. The van der Waals surface area contributed by atoms with E-state index in [1.54, 1.807) is 5.38 Å². The van der Waals surface area contributed by atoms with Gasteiger partial charge in [-0.2, -0.15) is 4.72 Å². The summed E-state index contributed by atoms with van der Waals surface area (Å²) in [6.45, 7) is 6.08. The summed E-state index contributed by atoms with van der Waals surface area (Å²) in [5.41, 5.74) is -1.48. The SMILES string of the molecule is COc1sccc1S(=O)(=O)NC1(C(=O)O)CC(C(C)(C)C)C1. The highest BCUT2D eigenvalue weighted by Gasteiger charge is 2.56. The van der Waals surface area contributed by atoms with Crippen molar-refractivity contribution in [3.05, 3.63) is 11.4 Å². The number of thiophene rings is 1. The molecular formula is C14H21NO5S2. The highest BCUT2D eigenvalue weighted by Crippen LogP contribution is 2.48. The van der Waals surface area contributed by atoms with Crippen molar-refractivity contribution < 1.29 is 23.1 Å². The van der Waals surface area contributed by atoms with Gasteiger partial charge in [-0.05, 0) is 35.6 Å². The minimum atomic E-state index is -3.94. The first-order chi connectivity index (χ1) is 10.0. The lowest BCUT2D eigenvalue weighted by molar-refractivity contribution is -0.152. The Bertz CT molecular complexity index is 666. The molecule has 1 saturated carbocycles. The Balaban J connectivity index is 2.25. The van der Waals surface area contributed by atoms with Gasteiger partial charge < -0.3 is 9.84 Å². The molecule has 0 bridgehead atoms. The molecule has 8 heteroatoms. The van der Waals surface area contributed by atoms with Gasteiger partial charge in [0.2, 0.25) is 10.0 Å². The van der Waals surface area contributed by atoms with Gasteiger partial charge in [0.25, 0.3) is 0 Å². The lowest BCUT2D eigenvalue weighted by atomic mass is 9.59. The Morgan fingerprint density at radius 3 is 2.50 bits per heavy atom. The van der Waals surface area contributed by atoms with Gasteiger partial charge in [-0.3, -0.25) is 4.79 Å². The molecule has 0 spiro atoms. The third kappa shape index (κ3) is 3.00. The van der Waals surface area contributed by atoms with Gasteiger partial charge in [-0.25, -0.2) is 8.42 Å². The average molecular weight is 347 g/mol. The topological polar surface area (TPSA) is 92.7 Å². The van der Waals surface area contributed by atoms with E-state index < -0.39 is 21.5 Å². The second-order valence-electron chi connectivity index (χ2n) is 6.74. The van der Waals surface area contributed by atoms with Crippen molar-refractivity contribution >= 4 is 27.3 Å². The Morgan fingerprint density at radius 1 is 1.45 bits per heavy atom. The summed E-state index contributed by atoms with van der Waals surface area (Å²) in [7, 11) is -2.55. The first-order valence-corrected chi connectivity index (χ1v) is 9.27. The third-order valence-electron chi connectivity index (χ3n) is 4.22. The van der Waals surface area contributed by atoms with E-state index in [0.29, 0.717) is 0 Å². The van der Waals surface area contributed by atoms with Gasteiger partial charge in [-0.15, -0.1) is 11.3 Å². The summed E-state index contributed by atoms with van der Waals surface area (Å²) >= 11 is 1.15. The van der Waals surface area contributed by atoms with Crippen LogP contribution < -0.4 is 9.46 Å². The normalized spacial score (nSPS) is 25.5. The maximum absolute atomic E-state index is 12.5. The zero-order chi connectivity index (χ0) is 16.8. The molecule has 0 aliphatic heterocycles. The van der Waals surface area contributed by atoms with Crippen molar-refractivity contribution in [2.45, 2.75) is 44.0 Å². The summed E-state index contributed by atoms with van der Waals surface area (Å²) in [5, 5.41) is 11.3. The van der Waals surface area contributed by atoms with Crippen LogP contribution in [0.1, 0.15) is 33.6 Å². The molecule has 0 amide bonds. The molecule has 1 aliphatic carbocycles. The second-order valence-corrected chi connectivity index (χ2v) is 9.27. The van der Waals surface area contributed by atoms with Gasteiger partial charge >= 0.3 is 5.97 Å². The Morgan fingerprint density at radius 2 is 2.05 bits per heavy atom. The molecule has 2 rings (SSSR count). The predicted molar refractivity (Wildman–Crippen MR) is 83.7 cm³/mol. The van der Waals surface area contributed by atoms with Gasteiger partial charge in [-0.1, -0.05) is 20.8 Å². The Hall–Kier alpha value is -1.12. The summed E-state index contributed by atoms with van der Waals surface area (Å²) in [5.74, 6) is -0.971. The fourth-order valence-electron chi connectivity index (χ4n) is 2.64. The smallest absolute Gasteiger partial charge is 0.324 e. The molecule has 0 radical (unpaired) electrons. The first kappa shape index (κ1) is 17.2. The molecule has 0 atom stereocenters.